The molecule has 0 saturated carbocycles. The van der Waals surface area contributed by atoms with E-state index >= 15 is 0 Å². The first-order chi connectivity index (χ1) is 46.6. The van der Waals surface area contributed by atoms with Crippen LogP contribution in [-0.2, 0) is 33.3 Å². The van der Waals surface area contributed by atoms with E-state index < -0.39 is 24.3 Å². The molecule has 95 heavy (non-hydrogen) atoms. The van der Waals surface area contributed by atoms with E-state index in [0.717, 1.165) is 173 Å². The molecule has 0 aliphatic rings. The molecule has 0 bridgehead atoms. The molecule has 0 fully saturated rings. The third kappa shape index (κ3) is 74.9. The molecule has 0 aromatic carbocycles. The largest absolute Gasteiger partial charge is 0.477 e. The number of esters is 2. The number of unbranched alkanes of at least 4 members (excludes halogenated alkanes) is 14. The maximum atomic E-state index is 13.0. The summed E-state index contributed by atoms with van der Waals surface area (Å²) in [7, 11) is 5.95. The topological polar surface area (TPSA) is 108 Å². The van der Waals surface area contributed by atoms with Crippen molar-refractivity contribution in [2.24, 2.45) is 0 Å². The van der Waals surface area contributed by atoms with Crippen molar-refractivity contribution in [2.75, 3.05) is 47.5 Å². The van der Waals surface area contributed by atoms with Gasteiger partial charge in [-0.25, -0.2) is 4.79 Å². The summed E-state index contributed by atoms with van der Waals surface area (Å²) in [6, 6.07) is 0. The highest BCUT2D eigenvalue weighted by Crippen LogP contribution is 2.14. The number of quaternary nitrogens is 1. The smallest absolute Gasteiger partial charge is 0.361 e. The molecule has 2 unspecified atom stereocenters. The van der Waals surface area contributed by atoms with E-state index in [-0.39, 0.29) is 38.6 Å². The van der Waals surface area contributed by atoms with Gasteiger partial charge in [-0.05, 0) is 154 Å². The highest BCUT2D eigenvalue weighted by Gasteiger charge is 2.25. The summed E-state index contributed by atoms with van der Waals surface area (Å²) >= 11 is 0. The van der Waals surface area contributed by atoms with Crippen molar-refractivity contribution in [1.82, 2.24) is 0 Å². The van der Waals surface area contributed by atoms with Gasteiger partial charge in [-0.2, -0.15) is 0 Å². The molecule has 530 valence electrons. The Morgan fingerprint density at radius 3 is 0.842 bits per heavy atom. The van der Waals surface area contributed by atoms with E-state index in [0.29, 0.717) is 17.4 Å². The summed E-state index contributed by atoms with van der Waals surface area (Å²) < 4.78 is 23.0. The molecule has 0 saturated heterocycles. The highest BCUT2D eigenvalue weighted by atomic mass is 16.7. The summed E-state index contributed by atoms with van der Waals surface area (Å²) in [4.78, 5) is 37.7. The van der Waals surface area contributed by atoms with Gasteiger partial charge in [0.05, 0.1) is 34.4 Å². The minimum Gasteiger partial charge on any atom is -0.477 e. The fourth-order valence-electron chi connectivity index (χ4n) is 9.17. The minimum absolute atomic E-state index is 0.171. The lowest BCUT2D eigenvalue weighted by Crippen LogP contribution is -2.40. The van der Waals surface area contributed by atoms with E-state index in [1.165, 1.54) is 38.5 Å². The van der Waals surface area contributed by atoms with Crippen LogP contribution in [0.15, 0.2) is 219 Å². The Balaban J connectivity index is 4.25. The van der Waals surface area contributed by atoms with Crippen LogP contribution in [0.2, 0.25) is 0 Å². The Morgan fingerprint density at radius 2 is 0.568 bits per heavy atom. The van der Waals surface area contributed by atoms with Gasteiger partial charge in [-0.15, -0.1) is 0 Å². The van der Waals surface area contributed by atoms with Crippen molar-refractivity contribution in [2.45, 2.75) is 257 Å². The van der Waals surface area contributed by atoms with Crippen LogP contribution in [0.3, 0.4) is 0 Å². The van der Waals surface area contributed by atoms with Crippen LogP contribution in [0.5, 0.6) is 0 Å². The van der Waals surface area contributed by atoms with Crippen molar-refractivity contribution < 1.29 is 42.9 Å². The Kier molecular flexibility index (Phi) is 68.5. The molecule has 0 aliphatic heterocycles. The molecule has 0 heterocycles. The van der Waals surface area contributed by atoms with Gasteiger partial charge in [0.15, 0.2) is 6.10 Å². The van der Waals surface area contributed by atoms with Gasteiger partial charge in [0.25, 0.3) is 6.29 Å². The molecular weight excluding hydrogens is 1170 g/mol. The number of rotatable bonds is 65. The third-order valence-corrected chi connectivity index (χ3v) is 14.7. The van der Waals surface area contributed by atoms with Gasteiger partial charge >= 0.3 is 17.9 Å². The van der Waals surface area contributed by atoms with Crippen LogP contribution in [0.1, 0.15) is 245 Å². The standard InChI is InChI=1S/C86H133NO8/c1-6-8-10-12-14-16-18-20-22-24-26-28-30-32-34-36-38-40-42-44-46-48-50-52-54-56-58-60-62-64-66-68-70-72-74-76-83(88)93-80-82(81-94-86(85(90)91)92-79-78-87(3,4)5)95-84(89)77-75-73-71-69-67-65-63-61-59-57-55-53-51-49-47-45-43-41-39-37-35-33-31-29-27-25-23-21-19-17-15-13-11-9-7-2/h8-11,14-17,20-23,26-29,32-35,38-41,44-47,50-53,56-59,82,86H,6-7,12-13,18-19,24-25,30-31,36-37,42-43,48-49,54-55,60-81H2,1-5H3/p+1/b10-8-,11-9-,16-14-,17-15-,22-20-,23-21-,28-26-,29-27-,34-32-,35-33-,40-38-,41-39-,46-44-,47-45-,52-50-,53-51-,58-56-,59-57-. The number of carbonyl (C=O) groups is 3. The molecule has 9 heteroatoms. The van der Waals surface area contributed by atoms with E-state index in [1.807, 2.05) is 21.1 Å². The Bertz CT molecular complexity index is 2370. The number of carboxylic acids is 1. The number of allylic oxidation sites excluding steroid dienone is 36. The van der Waals surface area contributed by atoms with Crippen molar-refractivity contribution in [1.29, 1.82) is 0 Å². The Labute approximate surface area is 581 Å². The minimum atomic E-state index is -1.53. The first kappa shape index (κ1) is 88.6. The van der Waals surface area contributed by atoms with Crippen LogP contribution in [-0.4, -0.2) is 87.4 Å². The molecule has 1 N–H and O–H groups in total. The molecule has 0 aromatic heterocycles. The van der Waals surface area contributed by atoms with Crippen molar-refractivity contribution in [3.63, 3.8) is 0 Å². The fraction of sp³-hybridized carbons (Fsp3) is 0.547. The normalized spacial score (nSPS) is 14.0. The number of hydrogen-bond donors (Lipinski definition) is 1. The molecule has 0 rings (SSSR count). The zero-order valence-electron chi connectivity index (χ0n) is 60.5. The van der Waals surface area contributed by atoms with E-state index in [1.54, 1.807) is 0 Å². The van der Waals surface area contributed by atoms with Gasteiger partial charge in [-0.1, -0.05) is 297 Å². The summed E-state index contributed by atoms with van der Waals surface area (Å²) in [6.45, 7) is 4.59. The molecule has 0 aromatic rings. The SMILES string of the molecule is CC/C=C\C/C=C\C/C=C\C/C=C\C/C=C\C/C=C\C/C=C\C/C=C\C/C=C\CCCCCCCCCC(=O)OCC(COC(OCC[N+](C)(C)C)C(=O)O)OC(=O)CCCCCCCCC/C=C\C/C=C\C/C=C\C/C=C\C/C=C\C/C=C\C/C=C\C/C=C\C/C=C\CC. The average molecular weight is 1310 g/mol. The van der Waals surface area contributed by atoms with Crippen LogP contribution in [0.25, 0.3) is 0 Å². The summed E-state index contributed by atoms with van der Waals surface area (Å²) in [5.74, 6) is -2.06. The Hall–Kier alpha value is -6.39. The van der Waals surface area contributed by atoms with Crippen LogP contribution in [0.4, 0.5) is 0 Å². The summed E-state index contributed by atoms with van der Waals surface area (Å²) in [5.41, 5.74) is 0. The van der Waals surface area contributed by atoms with Gasteiger partial charge in [-0.3, -0.25) is 9.59 Å². The zero-order chi connectivity index (χ0) is 69.0. The first-order valence-corrected chi connectivity index (χ1v) is 36.9. The molecule has 0 aliphatic carbocycles. The molecular formula is C86H134NO8+. The van der Waals surface area contributed by atoms with E-state index in [9.17, 15) is 19.5 Å². The van der Waals surface area contributed by atoms with E-state index in [4.69, 9.17) is 18.9 Å². The third-order valence-electron chi connectivity index (χ3n) is 14.7. The number of hydrogen-bond acceptors (Lipinski definition) is 7. The predicted octanol–water partition coefficient (Wildman–Crippen LogP) is 23.7. The summed E-state index contributed by atoms with van der Waals surface area (Å²) in [5, 5.41) is 9.76. The van der Waals surface area contributed by atoms with Crippen LogP contribution < -0.4 is 0 Å². The van der Waals surface area contributed by atoms with Crippen LogP contribution in [0, 0.1) is 0 Å². The lowest BCUT2D eigenvalue weighted by molar-refractivity contribution is -0.870. The first-order valence-electron chi connectivity index (χ1n) is 36.9. The second-order valence-corrected chi connectivity index (χ2v) is 24.8. The Morgan fingerprint density at radius 1 is 0.316 bits per heavy atom. The molecule has 9 nitrogen and oxygen atoms in total. The second-order valence-electron chi connectivity index (χ2n) is 24.8. The van der Waals surface area contributed by atoms with Crippen molar-refractivity contribution >= 4 is 17.9 Å². The number of likely N-dealkylation sites (N-methyl/N-ethyl adjacent to an activating group) is 1. The maximum Gasteiger partial charge on any atom is 0.361 e. The highest BCUT2D eigenvalue weighted by molar-refractivity contribution is 5.71. The average Bonchev–Trinajstić information content (AvgIpc) is 2.94. The lowest BCUT2D eigenvalue weighted by atomic mass is 10.1. The number of nitrogens with zero attached hydrogens (tertiary/aromatic N) is 1. The van der Waals surface area contributed by atoms with Gasteiger partial charge < -0.3 is 28.5 Å². The molecule has 2 atom stereocenters. The van der Waals surface area contributed by atoms with E-state index in [2.05, 4.69) is 233 Å². The lowest BCUT2D eigenvalue weighted by Gasteiger charge is -2.25. The monoisotopic (exact) mass is 1310 g/mol. The molecule has 0 amide bonds. The number of aliphatic carboxylic acids is 1. The van der Waals surface area contributed by atoms with Crippen molar-refractivity contribution in [3.8, 4) is 0 Å². The van der Waals surface area contributed by atoms with Crippen molar-refractivity contribution in [3.05, 3.63) is 219 Å². The summed E-state index contributed by atoms with van der Waals surface area (Å²) in [6.07, 6.45) is 113. The predicted molar refractivity (Wildman–Crippen MR) is 409 cm³/mol. The zero-order valence-corrected chi connectivity index (χ0v) is 60.5. The van der Waals surface area contributed by atoms with Gasteiger partial charge in [0.1, 0.15) is 13.2 Å². The number of carbonyl (C=O) groups excluding carboxylic acids is 2. The second kappa shape index (κ2) is 73.4. The number of ether oxygens (including phenoxy) is 4. The maximum absolute atomic E-state index is 13.0. The molecule has 0 radical (unpaired) electrons. The fourth-order valence-corrected chi connectivity index (χ4v) is 9.17. The van der Waals surface area contributed by atoms with Crippen LogP contribution >= 0.6 is 0 Å². The van der Waals surface area contributed by atoms with Gasteiger partial charge in [0.2, 0.25) is 0 Å². The molecule has 0 spiro atoms. The van der Waals surface area contributed by atoms with Gasteiger partial charge in [0, 0.05) is 12.8 Å². The number of carboxylic acid groups (broad SMARTS) is 1. The quantitative estimate of drug-likeness (QED) is 0.0211.